The van der Waals surface area contributed by atoms with Crippen molar-refractivity contribution in [2.45, 2.75) is 39.0 Å². The molecule has 4 nitrogen and oxygen atoms in total. The van der Waals surface area contributed by atoms with E-state index in [1.165, 1.54) is 18.4 Å². The molecule has 0 radical (unpaired) electrons. The minimum absolute atomic E-state index is 0.568. The van der Waals surface area contributed by atoms with E-state index in [4.69, 9.17) is 9.15 Å². The lowest BCUT2D eigenvalue weighted by molar-refractivity contribution is 0.0921. The molecular weight excluding hydrogens is 228 g/mol. The van der Waals surface area contributed by atoms with Crippen molar-refractivity contribution in [2.24, 2.45) is 0 Å². The first-order valence-electron chi connectivity index (χ1n) is 6.69. The number of nitrogens with one attached hydrogen (secondary N) is 1. The van der Waals surface area contributed by atoms with Gasteiger partial charge < -0.3 is 19.4 Å². The zero-order valence-corrected chi connectivity index (χ0v) is 11.7. The molecule has 0 amide bonds. The highest BCUT2D eigenvalue weighted by atomic mass is 16.5. The van der Waals surface area contributed by atoms with E-state index in [2.05, 4.69) is 16.3 Å². The fourth-order valence-electron chi connectivity index (χ4n) is 1.80. The zero-order chi connectivity index (χ0) is 13.0. The number of likely N-dealkylation sites (N-methyl/N-ethyl adjacent to an activating group) is 1. The molecule has 102 valence electrons. The summed E-state index contributed by atoms with van der Waals surface area (Å²) >= 11 is 0. The molecular formula is C14H24N2O2. The van der Waals surface area contributed by atoms with Crippen LogP contribution in [-0.2, 0) is 17.9 Å². The molecule has 1 aliphatic carbocycles. The molecule has 0 spiro atoms. The van der Waals surface area contributed by atoms with Gasteiger partial charge in [0.1, 0.15) is 18.1 Å². The van der Waals surface area contributed by atoms with Gasteiger partial charge in [0.15, 0.2) is 0 Å². The van der Waals surface area contributed by atoms with Crippen molar-refractivity contribution in [1.82, 2.24) is 10.2 Å². The molecule has 0 atom stereocenters. The molecule has 18 heavy (non-hydrogen) atoms. The van der Waals surface area contributed by atoms with Crippen LogP contribution in [0.25, 0.3) is 0 Å². The summed E-state index contributed by atoms with van der Waals surface area (Å²) in [6.45, 7) is 5.18. The predicted molar refractivity (Wildman–Crippen MR) is 71.5 cm³/mol. The molecule has 0 aromatic carbocycles. The first kappa shape index (κ1) is 13.6. The van der Waals surface area contributed by atoms with Gasteiger partial charge in [0, 0.05) is 24.7 Å². The lowest BCUT2D eigenvalue weighted by atomic mass is 10.2. The van der Waals surface area contributed by atoms with Crippen molar-refractivity contribution in [1.29, 1.82) is 0 Å². The van der Waals surface area contributed by atoms with E-state index >= 15 is 0 Å². The van der Waals surface area contributed by atoms with Crippen molar-refractivity contribution >= 4 is 0 Å². The number of aryl methyl sites for hydroxylation is 1. The Bertz CT molecular complexity index is 370. The van der Waals surface area contributed by atoms with Gasteiger partial charge in [-0.3, -0.25) is 0 Å². The topological polar surface area (TPSA) is 37.6 Å². The van der Waals surface area contributed by atoms with Crippen LogP contribution in [0.3, 0.4) is 0 Å². The Hall–Kier alpha value is -0.840. The van der Waals surface area contributed by atoms with Crippen molar-refractivity contribution in [3.8, 4) is 0 Å². The van der Waals surface area contributed by atoms with Gasteiger partial charge in [0.25, 0.3) is 0 Å². The Morgan fingerprint density at radius 3 is 2.89 bits per heavy atom. The van der Waals surface area contributed by atoms with Gasteiger partial charge in [-0.05, 0) is 39.9 Å². The molecule has 0 bridgehead atoms. The predicted octanol–water partition coefficient (Wildman–Crippen LogP) is 1.92. The second-order valence-corrected chi connectivity index (χ2v) is 5.31. The van der Waals surface area contributed by atoms with E-state index < -0.39 is 0 Å². The van der Waals surface area contributed by atoms with Crippen LogP contribution in [-0.4, -0.2) is 38.2 Å². The monoisotopic (exact) mass is 252 g/mol. The van der Waals surface area contributed by atoms with Crippen molar-refractivity contribution in [2.75, 3.05) is 27.2 Å². The summed E-state index contributed by atoms with van der Waals surface area (Å²) in [6.07, 6.45) is 2.63. The fourth-order valence-corrected chi connectivity index (χ4v) is 1.80. The summed E-state index contributed by atoms with van der Waals surface area (Å²) < 4.78 is 11.3. The maximum absolute atomic E-state index is 5.70. The van der Waals surface area contributed by atoms with Crippen LogP contribution in [0.4, 0.5) is 0 Å². The van der Waals surface area contributed by atoms with Crippen LogP contribution < -0.4 is 5.32 Å². The summed E-state index contributed by atoms with van der Waals surface area (Å²) in [5.41, 5.74) is 1.26. The smallest absolute Gasteiger partial charge is 0.130 e. The van der Waals surface area contributed by atoms with Crippen molar-refractivity contribution < 1.29 is 9.15 Å². The van der Waals surface area contributed by atoms with Gasteiger partial charge in [-0.25, -0.2) is 0 Å². The highest BCUT2D eigenvalue weighted by Crippen LogP contribution is 2.21. The largest absolute Gasteiger partial charge is 0.464 e. The maximum atomic E-state index is 5.70. The van der Waals surface area contributed by atoms with Gasteiger partial charge in [0.2, 0.25) is 0 Å². The standard InChI is InChI=1S/C14H24N2O2/c1-11-12(9-15-13-4-5-13)8-14(18-11)10-17-7-6-16(2)3/h8,13,15H,4-7,9-10H2,1-3H3. The quantitative estimate of drug-likeness (QED) is 0.717. The first-order valence-corrected chi connectivity index (χ1v) is 6.69. The Balaban J connectivity index is 1.72. The summed E-state index contributed by atoms with van der Waals surface area (Å²) in [6, 6.07) is 2.85. The number of rotatable bonds is 8. The molecule has 1 heterocycles. The maximum Gasteiger partial charge on any atom is 0.130 e. The molecule has 4 heteroatoms. The average molecular weight is 252 g/mol. The second-order valence-electron chi connectivity index (χ2n) is 5.31. The number of hydrogen-bond acceptors (Lipinski definition) is 4. The number of ether oxygens (including phenoxy) is 1. The molecule has 0 unspecified atom stereocenters. The van der Waals surface area contributed by atoms with Crippen LogP contribution in [0, 0.1) is 6.92 Å². The number of hydrogen-bond donors (Lipinski definition) is 1. The Labute approximate surface area is 109 Å². The van der Waals surface area contributed by atoms with Gasteiger partial charge in [-0.1, -0.05) is 0 Å². The third-order valence-electron chi connectivity index (χ3n) is 3.16. The summed E-state index contributed by atoms with van der Waals surface area (Å²) in [5, 5.41) is 3.50. The minimum Gasteiger partial charge on any atom is -0.464 e. The summed E-state index contributed by atoms with van der Waals surface area (Å²) in [4.78, 5) is 2.11. The molecule has 0 saturated heterocycles. The molecule has 0 aliphatic heterocycles. The van der Waals surface area contributed by atoms with E-state index in [-0.39, 0.29) is 0 Å². The highest BCUT2D eigenvalue weighted by Gasteiger charge is 2.20. The van der Waals surface area contributed by atoms with Crippen molar-refractivity contribution in [3.05, 3.63) is 23.2 Å². The van der Waals surface area contributed by atoms with Gasteiger partial charge >= 0.3 is 0 Å². The van der Waals surface area contributed by atoms with Gasteiger partial charge in [0.05, 0.1) is 6.61 Å². The van der Waals surface area contributed by atoms with E-state index in [1.807, 2.05) is 21.0 Å². The van der Waals surface area contributed by atoms with Crippen LogP contribution in [0.2, 0.25) is 0 Å². The Morgan fingerprint density at radius 1 is 1.44 bits per heavy atom. The van der Waals surface area contributed by atoms with Crippen LogP contribution >= 0.6 is 0 Å². The lowest BCUT2D eigenvalue weighted by Gasteiger charge is -2.08. The molecule has 1 aliphatic rings. The fraction of sp³-hybridized carbons (Fsp3) is 0.714. The molecule has 1 aromatic heterocycles. The molecule has 1 aromatic rings. The second kappa shape index (κ2) is 6.36. The van der Waals surface area contributed by atoms with Crippen LogP contribution in [0.5, 0.6) is 0 Å². The molecule has 1 saturated carbocycles. The van der Waals surface area contributed by atoms with Crippen molar-refractivity contribution in [3.63, 3.8) is 0 Å². The lowest BCUT2D eigenvalue weighted by Crippen LogP contribution is -2.17. The number of furan rings is 1. The van der Waals surface area contributed by atoms with Gasteiger partial charge in [-0.2, -0.15) is 0 Å². The zero-order valence-electron chi connectivity index (χ0n) is 11.7. The van der Waals surface area contributed by atoms with E-state index in [0.717, 1.165) is 37.3 Å². The molecule has 1 fully saturated rings. The SMILES string of the molecule is Cc1oc(COCCN(C)C)cc1CNC1CC1. The number of nitrogens with zero attached hydrogens (tertiary/aromatic N) is 1. The normalized spacial score (nSPS) is 15.6. The Kier molecular flexibility index (Phi) is 4.80. The minimum atomic E-state index is 0.568. The van der Waals surface area contributed by atoms with Crippen LogP contribution in [0.15, 0.2) is 10.5 Å². The Morgan fingerprint density at radius 2 is 2.22 bits per heavy atom. The molecule has 2 rings (SSSR count). The third kappa shape index (κ3) is 4.44. The molecule has 1 N–H and O–H groups in total. The summed E-state index contributed by atoms with van der Waals surface area (Å²) in [5.74, 6) is 1.94. The third-order valence-corrected chi connectivity index (χ3v) is 3.16. The summed E-state index contributed by atoms with van der Waals surface area (Å²) in [7, 11) is 4.09. The van der Waals surface area contributed by atoms with Crippen LogP contribution in [0.1, 0.15) is 29.9 Å². The van der Waals surface area contributed by atoms with E-state index in [0.29, 0.717) is 6.61 Å². The van der Waals surface area contributed by atoms with E-state index in [9.17, 15) is 0 Å². The first-order chi connectivity index (χ1) is 8.65. The van der Waals surface area contributed by atoms with E-state index in [1.54, 1.807) is 0 Å². The highest BCUT2D eigenvalue weighted by molar-refractivity contribution is 5.20. The average Bonchev–Trinajstić information content (AvgIpc) is 3.07. The van der Waals surface area contributed by atoms with Gasteiger partial charge in [-0.15, -0.1) is 0 Å².